The van der Waals surface area contributed by atoms with Gasteiger partial charge in [0.1, 0.15) is 11.3 Å². The topological polar surface area (TPSA) is 69.0 Å². The zero-order valence-corrected chi connectivity index (χ0v) is 15.0. The van der Waals surface area contributed by atoms with E-state index in [-0.39, 0.29) is 12.2 Å². The summed E-state index contributed by atoms with van der Waals surface area (Å²) in [6.45, 7) is 7.76. The molecule has 134 valence electrons. The van der Waals surface area contributed by atoms with Crippen LogP contribution in [0.4, 0.5) is 5.69 Å². The monoisotopic (exact) mass is 345 g/mol. The largest absolute Gasteiger partial charge is 0.496 e. The van der Waals surface area contributed by atoms with Gasteiger partial charge in [0.25, 0.3) is 0 Å². The maximum atomic E-state index is 12.2. The van der Waals surface area contributed by atoms with E-state index < -0.39 is 11.6 Å². The first-order chi connectivity index (χ1) is 12.0. The lowest BCUT2D eigenvalue weighted by atomic mass is 10.1. The number of benzene rings is 1. The number of methoxy groups -OCH3 is 1. The standard InChI is InChI=1S/C19H23NO5/c1-5-20(6-2)14-11-16(23-4)15-10-13(8-9-18(21)24-7-3)19(22)25-17(15)12-14/h8-12H,5-7H2,1-4H3/b9-8+. The normalized spacial score (nSPS) is 11.0. The first-order valence-corrected chi connectivity index (χ1v) is 8.29. The predicted octanol–water partition coefficient (Wildman–Crippen LogP) is 3.22. The van der Waals surface area contributed by atoms with Gasteiger partial charge in [-0.15, -0.1) is 0 Å². The van der Waals surface area contributed by atoms with Crippen LogP contribution in [-0.4, -0.2) is 32.8 Å². The highest BCUT2D eigenvalue weighted by atomic mass is 16.5. The second kappa shape index (κ2) is 8.37. The van der Waals surface area contributed by atoms with Crippen molar-refractivity contribution >= 4 is 28.7 Å². The molecule has 0 spiro atoms. The number of anilines is 1. The Morgan fingerprint density at radius 2 is 1.92 bits per heavy atom. The van der Waals surface area contributed by atoms with E-state index in [2.05, 4.69) is 18.7 Å². The lowest BCUT2D eigenvalue weighted by Crippen LogP contribution is -2.21. The molecular weight excluding hydrogens is 322 g/mol. The van der Waals surface area contributed by atoms with Gasteiger partial charge in [0.15, 0.2) is 0 Å². The smallest absolute Gasteiger partial charge is 0.343 e. The second-order valence-electron chi connectivity index (χ2n) is 5.31. The minimum atomic E-state index is -0.521. The van der Waals surface area contributed by atoms with Crippen molar-refractivity contribution in [1.82, 2.24) is 0 Å². The molecule has 1 heterocycles. The van der Waals surface area contributed by atoms with Crippen LogP contribution in [0.2, 0.25) is 0 Å². The molecule has 0 N–H and O–H groups in total. The predicted molar refractivity (Wildman–Crippen MR) is 98.3 cm³/mol. The summed E-state index contributed by atoms with van der Waals surface area (Å²) < 4.78 is 15.7. The van der Waals surface area contributed by atoms with E-state index in [1.165, 1.54) is 12.2 Å². The zero-order chi connectivity index (χ0) is 18.4. The van der Waals surface area contributed by atoms with Crippen molar-refractivity contribution in [1.29, 1.82) is 0 Å². The molecule has 2 rings (SSSR count). The summed E-state index contributed by atoms with van der Waals surface area (Å²) in [5.41, 5.74) is 1.10. The highest BCUT2D eigenvalue weighted by molar-refractivity contribution is 5.91. The SMILES string of the molecule is CCOC(=O)/C=C/c1cc2c(OC)cc(N(CC)CC)cc2oc1=O. The Kier molecular flexibility index (Phi) is 6.22. The van der Waals surface area contributed by atoms with E-state index in [9.17, 15) is 9.59 Å². The van der Waals surface area contributed by atoms with Crippen molar-refractivity contribution in [2.24, 2.45) is 0 Å². The third-order valence-corrected chi connectivity index (χ3v) is 3.86. The summed E-state index contributed by atoms with van der Waals surface area (Å²) in [6.07, 6.45) is 2.60. The fourth-order valence-corrected chi connectivity index (χ4v) is 2.59. The van der Waals surface area contributed by atoms with Crippen LogP contribution >= 0.6 is 0 Å². The number of hydrogen-bond acceptors (Lipinski definition) is 6. The highest BCUT2D eigenvalue weighted by Gasteiger charge is 2.13. The molecule has 0 aliphatic rings. The van der Waals surface area contributed by atoms with Gasteiger partial charge >= 0.3 is 11.6 Å². The Labute approximate surface area is 146 Å². The molecule has 1 aromatic heterocycles. The third kappa shape index (κ3) is 4.21. The van der Waals surface area contributed by atoms with Crippen molar-refractivity contribution in [3.8, 4) is 5.75 Å². The summed E-state index contributed by atoms with van der Waals surface area (Å²) in [6, 6.07) is 5.39. The first kappa shape index (κ1) is 18.6. The molecule has 6 nitrogen and oxygen atoms in total. The Morgan fingerprint density at radius 3 is 2.52 bits per heavy atom. The molecule has 1 aromatic carbocycles. The maximum absolute atomic E-state index is 12.2. The summed E-state index contributed by atoms with van der Waals surface area (Å²) in [7, 11) is 1.57. The summed E-state index contributed by atoms with van der Waals surface area (Å²) in [5.74, 6) is 0.0970. The average Bonchev–Trinajstić information content (AvgIpc) is 2.60. The number of nitrogens with zero attached hydrogens (tertiary/aromatic N) is 1. The first-order valence-electron chi connectivity index (χ1n) is 8.29. The number of fused-ring (bicyclic) bond motifs is 1. The molecule has 0 aliphatic carbocycles. The van der Waals surface area contributed by atoms with Crippen molar-refractivity contribution in [2.45, 2.75) is 20.8 Å². The molecule has 0 atom stereocenters. The van der Waals surface area contributed by atoms with Crippen LogP contribution in [0.5, 0.6) is 5.75 Å². The van der Waals surface area contributed by atoms with E-state index in [0.29, 0.717) is 16.7 Å². The number of carbonyl (C=O) groups is 1. The van der Waals surface area contributed by atoms with E-state index in [1.54, 1.807) is 20.1 Å². The van der Waals surface area contributed by atoms with E-state index in [0.717, 1.165) is 18.8 Å². The van der Waals surface area contributed by atoms with Gasteiger partial charge < -0.3 is 18.8 Å². The van der Waals surface area contributed by atoms with E-state index in [1.807, 2.05) is 12.1 Å². The molecule has 0 saturated heterocycles. The molecular formula is C19H23NO5. The fraction of sp³-hybridized carbons (Fsp3) is 0.368. The molecule has 0 radical (unpaired) electrons. The molecule has 6 heteroatoms. The Morgan fingerprint density at radius 1 is 1.20 bits per heavy atom. The summed E-state index contributed by atoms with van der Waals surface area (Å²) in [5, 5.41) is 0.668. The van der Waals surface area contributed by atoms with Crippen LogP contribution in [0, 0.1) is 0 Å². The Hall–Kier alpha value is -2.76. The molecule has 0 fully saturated rings. The number of hydrogen-bond donors (Lipinski definition) is 0. The van der Waals surface area contributed by atoms with Crippen molar-refractivity contribution < 1.29 is 18.7 Å². The Balaban J connectivity index is 2.54. The average molecular weight is 345 g/mol. The molecule has 0 aliphatic heterocycles. The zero-order valence-electron chi connectivity index (χ0n) is 15.0. The van der Waals surface area contributed by atoms with Gasteiger partial charge in [0.2, 0.25) is 0 Å². The maximum Gasteiger partial charge on any atom is 0.343 e. The minimum Gasteiger partial charge on any atom is -0.496 e. The van der Waals surface area contributed by atoms with Gasteiger partial charge in [-0.05, 0) is 32.9 Å². The number of esters is 1. The number of rotatable bonds is 7. The fourth-order valence-electron chi connectivity index (χ4n) is 2.59. The van der Waals surface area contributed by atoms with Gasteiger partial charge in [0, 0.05) is 37.0 Å². The Bertz CT molecular complexity index is 834. The van der Waals surface area contributed by atoms with E-state index >= 15 is 0 Å². The van der Waals surface area contributed by atoms with Crippen LogP contribution < -0.4 is 15.3 Å². The summed E-state index contributed by atoms with van der Waals surface area (Å²) >= 11 is 0. The van der Waals surface area contributed by atoms with Gasteiger partial charge in [-0.2, -0.15) is 0 Å². The van der Waals surface area contributed by atoms with Crippen LogP contribution in [0.3, 0.4) is 0 Å². The minimum absolute atomic E-state index is 0.259. The quantitative estimate of drug-likeness (QED) is 0.436. The van der Waals surface area contributed by atoms with Gasteiger partial charge in [-0.1, -0.05) is 0 Å². The van der Waals surface area contributed by atoms with E-state index in [4.69, 9.17) is 13.9 Å². The number of ether oxygens (including phenoxy) is 2. The van der Waals surface area contributed by atoms with Crippen LogP contribution in [0.15, 0.2) is 33.5 Å². The lowest BCUT2D eigenvalue weighted by molar-refractivity contribution is -0.137. The second-order valence-corrected chi connectivity index (χ2v) is 5.31. The van der Waals surface area contributed by atoms with Gasteiger partial charge in [0.05, 0.1) is 24.7 Å². The van der Waals surface area contributed by atoms with Crippen molar-refractivity contribution in [3.63, 3.8) is 0 Å². The van der Waals surface area contributed by atoms with Crippen LogP contribution in [0.25, 0.3) is 17.0 Å². The van der Waals surface area contributed by atoms with Gasteiger partial charge in [-0.25, -0.2) is 9.59 Å². The highest BCUT2D eigenvalue weighted by Crippen LogP contribution is 2.31. The van der Waals surface area contributed by atoms with Crippen LogP contribution in [0.1, 0.15) is 26.3 Å². The molecule has 0 amide bonds. The van der Waals surface area contributed by atoms with Crippen molar-refractivity contribution in [3.05, 3.63) is 40.3 Å². The van der Waals surface area contributed by atoms with Crippen molar-refractivity contribution in [2.75, 3.05) is 31.7 Å². The molecule has 2 aromatic rings. The van der Waals surface area contributed by atoms with Gasteiger partial charge in [-0.3, -0.25) is 0 Å². The molecule has 0 bridgehead atoms. The molecule has 0 unspecified atom stereocenters. The third-order valence-electron chi connectivity index (χ3n) is 3.86. The molecule has 25 heavy (non-hydrogen) atoms. The van der Waals surface area contributed by atoms with Crippen LogP contribution in [-0.2, 0) is 9.53 Å². The lowest BCUT2D eigenvalue weighted by Gasteiger charge is -2.22. The number of carbonyl (C=O) groups excluding carboxylic acids is 1. The molecule has 0 saturated carbocycles. The summed E-state index contributed by atoms with van der Waals surface area (Å²) in [4.78, 5) is 25.8.